The first-order chi connectivity index (χ1) is 15.3. The van der Waals surface area contributed by atoms with Crippen LogP contribution in [0.3, 0.4) is 0 Å². The standard InChI is InChI=1S/C25H33N3O3S/c1-25(2,3)27-24(31)22(18-11-6-4-7-12-18)28(19-13-8-5-9-14-19)21(29)17-26-23(30)20-15-10-16-32-20/h4,6-7,10-12,15-16,19,22H,5,8-9,13-14,17H2,1-3H3,(H,26,30)(H,27,31)/t22-/m0/s1. The van der Waals surface area contributed by atoms with Crippen molar-refractivity contribution in [2.45, 2.75) is 70.5 Å². The van der Waals surface area contributed by atoms with Crippen molar-refractivity contribution in [2.24, 2.45) is 0 Å². The molecule has 0 radical (unpaired) electrons. The second kappa shape index (κ2) is 10.8. The lowest BCUT2D eigenvalue weighted by Crippen LogP contribution is -2.54. The first kappa shape index (κ1) is 24.0. The SMILES string of the molecule is CC(C)(C)NC(=O)[C@H](c1ccccc1)N(C(=O)CNC(=O)c1cccs1)C1CCCCC1. The Bertz CT molecular complexity index is 900. The summed E-state index contributed by atoms with van der Waals surface area (Å²) in [5.74, 6) is -0.709. The lowest BCUT2D eigenvalue weighted by molar-refractivity contribution is -0.144. The van der Waals surface area contributed by atoms with Crippen LogP contribution < -0.4 is 10.6 Å². The number of carbonyl (C=O) groups is 3. The molecule has 1 fully saturated rings. The lowest BCUT2D eigenvalue weighted by atomic mass is 9.91. The quantitative estimate of drug-likeness (QED) is 0.654. The molecule has 6 nitrogen and oxygen atoms in total. The minimum atomic E-state index is -0.746. The van der Waals surface area contributed by atoms with Crippen molar-refractivity contribution in [1.82, 2.24) is 15.5 Å². The molecule has 172 valence electrons. The molecule has 0 spiro atoms. The monoisotopic (exact) mass is 455 g/mol. The summed E-state index contributed by atoms with van der Waals surface area (Å²) in [5, 5.41) is 7.63. The third-order valence-corrected chi connectivity index (χ3v) is 6.41. The number of benzene rings is 1. The maximum absolute atomic E-state index is 13.5. The van der Waals surface area contributed by atoms with Gasteiger partial charge in [-0.1, -0.05) is 55.7 Å². The van der Waals surface area contributed by atoms with Gasteiger partial charge in [0.25, 0.3) is 5.91 Å². The zero-order valence-electron chi connectivity index (χ0n) is 19.1. The summed E-state index contributed by atoms with van der Waals surface area (Å²) in [5.41, 5.74) is 0.344. The highest BCUT2D eigenvalue weighted by Gasteiger charge is 2.37. The van der Waals surface area contributed by atoms with E-state index in [-0.39, 0.29) is 30.3 Å². The van der Waals surface area contributed by atoms with Crippen LogP contribution in [-0.2, 0) is 9.59 Å². The Hall–Kier alpha value is -2.67. The van der Waals surface area contributed by atoms with E-state index in [4.69, 9.17) is 0 Å². The van der Waals surface area contributed by atoms with Crippen LogP contribution in [0.4, 0.5) is 0 Å². The van der Waals surface area contributed by atoms with Gasteiger partial charge in [-0.25, -0.2) is 0 Å². The molecular weight excluding hydrogens is 422 g/mol. The third-order valence-electron chi connectivity index (χ3n) is 5.54. The topological polar surface area (TPSA) is 78.5 Å². The highest BCUT2D eigenvalue weighted by molar-refractivity contribution is 7.12. The average molecular weight is 456 g/mol. The summed E-state index contributed by atoms with van der Waals surface area (Å²) in [6.45, 7) is 5.66. The Morgan fingerprint density at radius 3 is 2.31 bits per heavy atom. The predicted molar refractivity (Wildman–Crippen MR) is 127 cm³/mol. The molecule has 3 rings (SSSR count). The number of hydrogen-bond acceptors (Lipinski definition) is 4. The average Bonchev–Trinajstić information content (AvgIpc) is 3.30. The Kier molecular flexibility index (Phi) is 8.07. The van der Waals surface area contributed by atoms with Gasteiger partial charge in [-0.15, -0.1) is 11.3 Å². The fraction of sp³-hybridized carbons (Fsp3) is 0.480. The fourth-order valence-electron chi connectivity index (χ4n) is 4.17. The Morgan fingerprint density at radius 2 is 1.72 bits per heavy atom. The fourth-order valence-corrected chi connectivity index (χ4v) is 4.81. The number of rotatable bonds is 7. The lowest BCUT2D eigenvalue weighted by Gasteiger charge is -2.40. The van der Waals surface area contributed by atoms with Gasteiger partial charge in [0, 0.05) is 11.6 Å². The van der Waals surface area contributed by atoms with Crippen LogP contribution in [0.1, 0.15) is 74.2 Å². The minimum absolute atomic E-state index is 0.0363. The van der Waals surface area contributed by atoms with Crippen molar-refractivity contribution in [3.8, 4) is 0 Å². The van der Waals surface area contributed by atoms with Gasteiger partial charge in [-0.05, 0) is 50.6 Å². The molecule has 1 heterocycles. The molecule has 0 unspecified atom stereocenters. The maximum Gasteiger partial charge on any atom is 0.261 e. The molecule has 1 aromatic carbocycles. The molecule has 0 saturated heterocycles. The molecule has 2 aromatic rings. The van der Waals surface area contributed by atoms with Gasteiger partial charge in [-0.3, -0.25) is 14.4 Å². The molecule has 0 aliphatic heterocycles. The van der Waals surface area contributed by atoms with Crippen molar-refractivity contribution >= 4 is 29.1 Å². The first-order valence-corrected chi connectivity index (χ1v) is 12.1. The summed E-state index contributed by atoms with van der Waals surface area (Å²) >= 11 is 1.33. The van der Waals surface area contributed by atoms with Crippen LogP contribution >= 0.6 is 11.3 Å². The number of nitrogens with one attached hydrogen (secondary N) is 2. The number of carbonyl (C=O) groups excluding carboxylic acids is 3. The second-order valence-electron chi connectivity index (χ2n) is 9.31. The zero-order chi connectivity index (χ0) is 23.1. The Labute approximate surface area is 194 Å². The Balaban J connectivity index is 1.89. The maximum atomic E-state index is 13.5. The van der Waals surface area contributed by atoms with Gasteiger partial charge in [0.05, 0.1) is 11.4 Å². The molecule has 32 heavy (non-hydrogen) atoms. The molecule has 0 bridgehead atoms. The molecule has 3 amide bonds. The number of hydrogen-bond donors (Lipinski definition) is 2. The van der Waals surface area contributed by atoms with Crippen molar-refractivity contribution in [2.75, 3.05) is 6.54 Å². The van der Waals surface area contributed by atoms with E-state index in [0.717, 1.165) is 37.7 Å². The van der Waals surface area contributed by atoms with Crippen LogP contribution in [0.2, 0.25) is 0 Å². The molecule has 2 N–H and O–H groups in total. The molecule has 1 aliphatic rings. The third kappa shape index (κ3) is 6.42. The van der Waals surface area contributed by atoms with E-state index in [0.29, 0.717) is 4.88 Å². The van der Waals surface area contributed by atoms with Crippen molar-refractivity contribution < 1.29 is 14.4 Å². The minimum Gasteiger partial charge on any atom is -0.349 e. The van der Waals surface area contributed by atoms with E-state index in [2.05, 4.69) is 10.6 Å². The van der Waals surface area contributed by atoms with Gasteiger partial charge in [0.1, 0.15) is 6.04 Å². The van der Waals surface area contributed by atoms with Gasteiger partial charge in [-0.2, -0.15) is 0 Å². The smallest absolute Gasteiger partial charge is 0.261 e. The number of nitrogens with zero attached hydrogens (tertiary/aromatic N) is 1. The van der Waals surface area contributed by atoms with E-state index in [9.17, 15) is 14.4 Å². The summed E-state index contributed by atoms with van der Waals surface area (Å²) in [7, 11) is 0. The molecule has 1 atom stereocenters. The van der Waals surface area contributed by atoms with Crippen molar-refractivity contribution in [3.63, 3.8) is 0 Å². The number of amides is 3. The van der Waals surface area contributed by atoms with E-state index in [1.54, 1.807) is 17.0 Å². The molecular formula is C25H33N3O3S. The highest BCUT2D eigenvalue weighted by atomic mass is 32.1. The summed E-state index contributed by atoms with van der Waals surface area (Å²) in [6, 6.07) is 12.2. The van der Waals surface area contributed by atoms with E-state index in [1.807, 2.05) is 56.5 Å². The van der Waals surface area contributed by atoms with Gasteiger partial charge < -0.3 is 15.5 Å². The van der Waals surface area contributed by atoms with Crippen molar-refractivity contribution in [1.29, 1.82) is 0 Å². The Morgan fingerprint density at radius 1 is 1.03 bits per heavy atom. The molecule has 1 aromatic heterocycles. The van der Waals surface area contributed by atoms with Crippen LogP contribution in [0.25, 0.3) is 0 Å². The first-order valence-electron chi connectivity index (χ1n) is 11.3. The highest BCUT2D eigenvalue weighted by Crippen LogP contribution is 2.31. The predicted octanol–water partition coefficient (Wildman–Crippen LogP) is 4.30. The van der Waals surface area contributed by atoms with Gasteiger partial charge in [0.15, 0.2) is 0 Å². The largest absolute Gasteiger partial charge is 0.349 e. The van der Waals surface area contributed by atoms with Crippen LogP contribution in [-0.4, -0.2) is 40.7 Å². The van der Waals surface area contributed by atoms with Crippen molar-refractivity contribution in [3.05, 3.63) is 58.3 Å². The van der Waals surface area contributed by atoms with E-state index < -0.39 is 11.6 Å². The summed E-state index contributed by atoms with van der Waals surface area (Å²) in [4.78, 5) is 41.7. The second-order valence-corrected chi connectivity index (χ2v) is 10.3. The van der Waals surface area contributed by atoms with Crippen LogP contribution in [0.5, 0.6) is 0 Å². The summed E-state index contributed by atoms with van der Waals surface area (Å²) < 4.78 is 0. The van der Waals surface area contributed by atoms with Gasteiger partial charge in [0.2, 0.25) is 11.8 Å². The van der Waals surface area contributed by atoms with Gasteiger partial charge >= 0.3 is 0 Å². The van der Waals surface area contributed by atoms with E-state index in [1.165, 1.54) is 11.3 Å². The number of thiophene rings is 1. The molecule has 1 aliphatic carbocycles. The molecule has 1 saturated carbocycles. The zero-order valence-corrected chi connectivity index (χ0v) is 19.9. The summed E-state index contributed by atoms with van der Waals surface area (Å²) in [6.07, 6.45) is 4.90. The molecule has 7 heteroatoms. The van der Waals surface area contributed by atoms with E-state index >= 15 is 0 Å². The van der Waals surface area contributed by atoms with Crippen LogP contribution in [0, 0.1) is 0 Å². The van der Waals surface area contributed by atoms with Crippen LogP contribution in [0.15, 0.2) is 47.8 Å². The normalized spacial score (nSPS) is 15.6.